The van der Waals surface area contributed by atoms with Crippen molar-refractivity contribution >= 4 is 0 Å². The van der Waals surface area contributed by atoms with E-state index in [1.54, 1.807) is 0 Å². The van der Waals surface area contributed by atoms with Crippen molar-refractivity contribution in [1.29, 1.82) is 0 Å². The molecule has 0 saturated carbocycles. The van der Waals surface area contributed by atoms with Crippen molar-refractivity contribution in [3.63, 3.8) is 0 Å². The van der Waals surface area contributed by atoms with Crippen LogP contribution in [-0.2, 0) is 0 Å². The lowest BCUT2D eigenvalue weighted by atomic mass is 10.0. The number of nitrogens with two attached hydrogens (primary N) is 1. The van der Waals surface area contributed by atoms with Crippen LogP contribution < -0.4 is 10.5 Å². The van der Waals surface area contributed by atoms with E-state index in [0.29, 0.717) is 5.75 Å². The normalized spacial score (nSPS) is 13.7. The van der Waals surface area contributed by atoms with Crippen LogP contribution in [0.25, 0.3) is 0 Å². The average Bonchev–Trinajstić information content (AvgIpc) is 2.18. The van der Waals surface area contributed by atoms with E-state index in [-0.39, 0.29) is 5.69 Å². The molecule has 3 nitrogen and oxygen atoms in total. The maximum atomic E-state index is 12.4. The first kappa shape index (κ1) is 11.8. The lowest BCUT2D eigenvalue weighted by Gasteiger charge is -2.17. The molecule has 0 aliphatic carbocycles. The first-order chi connectivity index (χ1) is 6.99. The molecule has 1 unspecified atom stereocenters. The summed E-state index contributed by atoms with van der Waals surface area (Å²) >= 11 is 0. The molecule has 0 spiro atoms. The third kappa shape index (κ3) is 2.82. The Morgan fingerprint density at radius 1 is 1.47 bits per heavy atom. The summed E-state index contributed by atoms with van der Waals surface area (Å²) in [6, 6.07) is 2.70. The van der Waals surface area contributed by atoms with Gasteiger partial charge in [0, 0.05) is 6.54 Å². The van der Waals surface area contributed by atoms with Gasteiger partial charge in [0.05, 0.1) is 19.0 Å². The fraction of sp³-hybridized carbons (Fsp3) is 0.444. The van der Waals surface area contributed by atoms with Crippen LogP contribution in [0.3, 0.4) is 0 Å². The van der Waals surface area contributed by atoms with Gasteiger partial charge in [0.2, 0.25) is 0 Å². The molecule has 2 N–H and O–H groups in total. The number of methoxy groups -OCH3 is 1. The van der Waals surface area contributed by atoms with Crippen molar-refractivity contribution in [3.8, 4) is 5.75 Å². The van der Waals surface area contributed by atoms with Gasteiger partial charge in [-0.15, -0.1) is 0 Å². The van der Waals surface area contributed by atoms with E-state index >= 15 is 0 Å². The van der Waals surface area contributed by atoms with E-state index in [9.17, 15) is 13.2 Å². The number of ether oxygens (including phenoxy) is 1. The van der Waals surface area contributed by atoms with Gasteiger partial charge < -0.3 is 10.5 Å². The van der Waals surface area contributed by atoms with E-state index < -0.39 is 18.6 Å². The minimum atomic E-state index is -4.36. The number of aromatic nitrogens is 1. The van der Waals surface area contributed by atoms with Crippen molar-refractivity contribution < 1.29 is 17.9 Å². The summed E-state index contributed by atoms with van der Waals surface area (Å²) in [5, 5.41) is 0. The number of halogens is 3. The smallest absolute Gasteiger partial charge is 0.398 e. The van der Waals surface area contributed by atoms with Crippen molar-refractivity contribution in [3.05, 3.63) is 24.0 Å². The average molecular weight is 220 g/mol. The Morgan fingerprint density at radius 3 is 2.47 bits per heavy atom. The van der Waals surface area contributed by atoms with E-state index in [0.717, 1.165) is 0 Å². The second-order valence-corrected chi connectivity index (χ2v) is 2.95. The maximum Gasteiger partial charge on any atom is 0.398 e. The third-order valence-corrected chi connectivity index (χ3v) is 1.98. The molecule has 1 heterocycles. The Balaban J connectivity index is 2.93. The lowest BCUT2D eigenvalue weighted by molar-refractivity contribution is -0.148. The highest BCUT2D eigenvalue weighted by molar-refractivity contribution is 5.22. The van der Waals surface area contributed by atoms with Gasteiger partial charge in [0.1, 0.15) is 11.7 Å². The van der Waals surface area contributed by atoms with E-state index in [2.05, 4.69) is 4.98 Å². The monoisotopic (exact) mass is 220 g/mol. The van der Waals surface area contributed by atoms with Gasteiger partial charge in [-0.1, -0.05) is 0 Å². The first-order valence-corrected chi connectivity index (χ1v) is 4.25. The molecule has 84 valence electrons. The number of pyridine rings is 1. The molecule has 1 aromatic heterocycles. The van der Waals surface area contributed by atoms with Gasteiger partial charge in [-0.25, -0.2) is 0 Å². The second-order valence-electron chi connectivity index (χ2n) is 2.95. The molecule has 0 aromatic carbocycles. The Hall–Kier alpha value is -1.30. The van der Waals surface area contributed by atoms with Gasteiger partial charge in [-0.05, 0) is 12.1 Å². The van der Waals surface area contributed by atoms with Gasteiger partial charge in [-0.3, -0.25) is 4.98 Å². The van der Waals surface area contributed by atoms with Crippen LogP contribution in [0.2, 0.25) is 0 Å². The number of alkyl halides is 3. The fourth-order valence-electron chi connectivity index (χ4n) is 1.14. The third-order valence-electron chi connectivity index (χ3n) is 1.98. The van der Waals surface area contributed by atoms with Gasteiger partial charge >= 0.3 is 6.18 Å². The van der Waals surface area contributed by atoms with Crippen LogP contribution in [0.5, 0.6) is 5.75 Å². The molecule has 0 amide bonds. The van der Waals surface area contributed by atoms with Crippen molar-refractivity contribution in [1.82, 2.24) is 4.98 Å². The Kier molecular flexibility index (Phi) is 3.52. The van der Waals surface area contributed by atoms with Crippen LogP contribution in [0, 0.1) is 0 Å². The Bertz CT molecular complexity index is 310. The van der Waals surface area contributed by atoms with E-state index in [4.69, 9.17) is 10.5 Å². The lowest BCUT2D eigenvalue weighted by Crippen LogP contribution is -2.28. The first-order valence-electron chi connectivity index (χ1n) is 4.25. The summed E-state index contributed by atoms with van der Waals surface area (Å²) < 4.78 is 42.1. The number of hydrogen-bond donors (Lipinski definition) is 1. The Morgan fingerprint density at radius 2 is 2.13 bits per heavy atom. The molecule has 1 atom stereocenters. The molecule has 0 fully saturated rings. The molecule has 0 radical (unpaired) electrons. The number of rotatable bonds is 3. The van der Waals surface area contributed by atoms with Crippen LogP contribution >= 0.6 is 0 Å². The zero-order valence-electron chi connectivity index (χ0n) is 8.08. The molecule has 15 heavy (non-hydrogen) atoms. The second kappa shape index (κ2) is 4.48. The number of nitrogens with zero attached hydrogens (tertiary/aromatic N) is 1. The van der Waals surface area contributed by atoms with Gasteiger partial charge in [0.15, 0.2) is 0 Å². The molecule has 0 saturated heterocycles. The van der Waals surface area contributed by atoms with Crippen LogP contribution in [-0.4, -0.2) is 24.8 Å². The van der Waals surface area contributed by atoms with Crippen molar-refractivity contribution in [2.24, 2.45) is 5.73 Å². The summed E-state index contributed by atoms with van der Waals surface area (Å²) in [4.78, 5) is 3.66. The largest absolute Gasteiger partial charge is 0.495 e. The molecular weight excluding hydrogens is 209 g/mol. The molecule has 1 aromatic rings. The zero-order valence-corrected chi connectivity index (χ0v) is 8.08. The maximum absolute atomic E-state index is 12.4. The van der Waals surface area contributed by atoms with Gasteiger partial charge in [0.25, 0.3) is 0 Å². The minimum Gasteiger partial charge on any atom is -0.495 e. The van der Waals surface area contributed by atoms with Crippen LogP contribution in [0.15, 0.2) is 18.3 Å². The summed E-state index contributed by atoms with van der Waals surface area (Å²) in [5.74, 6) is -1.31. The summed E-state index contributed by atoms with van der Waals surface area (Å²) in [7, 11) is 1.42. The number of hydrogen-bond acceptors (Lipinski definition) is 3. The van der Waals surface area contributed by atoms with Crippen molar-refractivity contribution in [2.75, 3.05) is 13.7 Å². The summed E-state index contributed by atoms with van der Waals surface area (Å²) in [6.45, 7) is -0.511. The summed E-state index contributed by atoms with van der Waals surface area (Å²) in [5.41, 5.74) is 4.98. The minimum absolute atomic E-state index is 0.0919. The predicted octanol–water partition coefficient (Wildman–Crippen LogP) is 1.69. The highest BCUT2D eigenvalue weighted by atomic mass is 19.4. The van der Waals surface area contributed by atoms with Crippen LogP contribution in [0.4, 0.5) is 13.2 Å². The molecule has 1 rings (SSSR count). The molecule has 0 bridgehead atoms. The summed E-state index contributed by atoms with van der Waals surface area (Å²) in [6.07, 6.45) is -3.12. The highest BCUT2D eigenvalue weighted by Crippen LogP contribution is 2.33. The molecular formula is C9H11F3N2O. The van der Waals surface area contributed by atoms with Gasteiger partial charge in [-0.2, -0.15) is 13.2 Å². The van der Waals surface area contributed by atoms with Crippen LogP contribution in [0.1, 0.15) is 11.6 Å². The van der Waals surface area contributed by atoms with E-state index in [1.807, 2.05) is 0 Å². The standard InChI is InChI=1S/C9H11F3N2O/c1-15-6-2-3-8(14-5-6)7(4-13)9(10,11)12/h2-3,5,7H,4,13H2,1H3. The molecule has 0 aliphatic rings. The fourth-order valence-corrected chi connectivity index (χ4v) is 1.14. The predicted molar refractivity (Wildman–Crippen MR) is 48.6 cm³/mol. The topological polar surface area (TPSA) is 48.1 Å². The molecule has 0 aliphatic heterocycles. The van der Waals surface area contributed by atoms with E-state index in [1.165, 1.54) is 25.4 Å². The SMILES string of the molecule is COc1ccc(C(CN)C(F)(F)F)nc1. The quantitative estimate of drug-likeness (QED) is 0.843. The molecule has 6 heteroatoms. The zero-order chi connectivity index (χ0) is 11.5. The Labute approximate surface area is 85.1 Å². The van der Waals surface area contributed by atoms with Crippen molar-refractivity contribution in [2.45, 2.75) is 12.1 Å². The highest BCUT2D eigenvalue weighted by Gasteiger charge is 2.40.